The van der Waals surface area contributed by atoms with Gasteiger partial charge in [0.05, 0.1) is 6.20 Å². The summed E-state index contributed by atoms with van der Waals surface area (Å²) in [5.74, 6) is -2.41. The molecule has 0 atom stereocenters. The lowest BCUT2D eigenvalue weighted by Crippen LogP contribution is -2.17. The Hall–Kier alpha value is -2.88. The summed E-state index contributed by atoms with van der Waals surface area (Å²) in [5, 5.41) is 10.9. The fraction of sp³-hybridized carbons (Fsp3) is 0. The lowest BCUT2D eigenvalue weighted by molar-refractivity contribution is 0.101. The van der Waals surface area contributed by atoms with Crippen LogP contribution in [-0.4, -0.2) is 15.9 Å². The monoisotopic (exact) mass is 260 g/mol. The number of rotatable bonds is 2. The van der Waals surface area contributed by atoms with Crippen molar-refractivity contribution in [2.75, 3.05) is 5.32 Å². The van der Waals surface area contributed by atoms with Crippen LogP contribution < -0.4 is 5.32 Å². The highest BCUT2D eigenvalue weighted by Crippen LogP contribution is 2.11. The number of anilines is 1. The van der Waals surface area contributed by atoms with Crippen LogP contribution in [0.25, 0.3) is 0 Å². The molecule has 1 heterocycles. The van der Waals surface area contributed by atoms with Crippen molar-refractivity contribution in [3.05, 3.63) is 53.6 Å². The summed E-state index contributed by atoms with van der Waals surface area (Å²) >= 11 is 0. The number of carbonyl (C=O) groups is 1. The molecule has 7 heteroatoms. The summed E-state index contributed by atoms with van der Waals surface area (Å²) in [6.07, 6.45) is 0.921. The summed E-state index contributed by atoms with van der Waals surface area (Å²) < 4.78 is 26.0. The van der Waals surface area contributed by atoms with Crippen molar-refractivity contribution in [3.63, 3.8) is 0 Å². The smallest absolute Gasteiger partial charge is 0.279 e. The quantitative estimate of drug-likeness (QED) is 0.894. The number of benzene rings is 1. The highest BCUT2D eigenvalue weighted by Gasteiger charge is 2.16. The van der Waals surface area contributed by atoms with Crippen molar-refractivity contribution in [2.24, 2.45) is 0 Å². The molecule has 0 radical (unpaired) electrons. The minimum atomic E-state index is -1.08. The third kappa shape index (κ3) is 2.87. The summed E-state index contributed by atoms with van der Waals surface area (Å²) in [6, 6.07) is 6.56. The van der Waals surface area contributed by atoms with E-state index in [9.17, 15) is 13.6 Å². The van der Waals surface area contributed by atoms with Gasteiger partial charge in [-0.1, -0.05) is 0 Å². The Morgan fingerprint density at radius 1 is 1.26 bits per heavy atom. The Balaban J connectivity index is 2.25. The van der Waals surface area contributed by atoms with Crippen LogP contribution in [0.1, 0.15) is 16.2 Å². The van der Waals surface area contributed by atoms with E-state index in [0.717, 1.165) is 18.3 Å². The minimum Gasteiger partial charge on any atom is -0.321 e. The van der Waals surface area contributed by atoms with Gasteiger partial charge in [0, 0.05) is 5.69 Å². The van der Waals surface area contributed by atoms with E-state index in [1.54, 1.807) is 6.07 Å². The third-order valence-electron chi connectivity index (χ3n) is 2.16. The standard InChI is InChI=1S/C12H6F2N4O/c13-7-1-3-8(4-2-7)18-12(19)10-11(14)16-6-9(5-15)17-10/h1-4,6H,(H,18,19). The number of nitrogens with zero attached hydrogens (tertiary/aromatic N) is 3. The van der Waals surface area contributed by atoms with E-state index < -0.39 is 23.4 Å². The topological polar surface area (TPSA) is 78.7 Å². The predicted octanol–water partition coefficient (Wildman–Crippen LogP) is 1.88. The van der Waals surface area contributed by atoms with Gasteiger partial charge in [0.25, 0.3) is 5.91 Å². The highest BCUT2D eigenvalue weighted by atomic mass is 19.1. The molecule has 2 aromatic rings. The van der Waals surface area contributed by atoms with Crippen molar-refractivity contribution >= 4 is 11.6 Å². The molecule has 0 spiro atoms. The molecule has 2 rings (SSSR count). The maximum atomic E-state index is 13.3. The molecule has 0 bridgehead atoms. The van der Waals surface area contributed by atoms with Crippen molar-refractivity contribution in [3.8, 4) is 6.07 Å². The number of carbonyl (C=O) groups excluding carboxylic acids is 1. The molecular weight excluding hydrogens is 254 g/mol. The summed E-state index contributed by atoms with van der Waals surface area (Å²) in [7, 11) is 0. The van der Waals surface area contributed by atoms with Crippen LogP contribution in [0.15, 0.2) is 30.5 Å². The van der Waals surface area contributed by atoms with Gasteiger partial charge in [-0.05, 0) is 24.3 Å². The first-order chi connectivity index (χ1) is 9.10. The molecule has 0 unspecified atom stereocenters. The van der Waals surface area contributed by atoms with Crippen LogP contribution in [0.5, 0.6) is 0 Å². The zero-order valence-electron chi connectivity index (χ0n) is 9.39. The van der Waals surface area contributed by atoms with Crippen LogP contribution in [-0.2, 0) is 0 Å². The molecule has 1 amide bonds. The highest BCUT2D eigenvalue weighted by molar-refractivity contribution is 6.02. The zero-order valence-corrected chi connectivity index (χ0v) is 9.39. The van der Waals surface area contributed by atoms with Crippen molar-refractivity contribution < 1.29 is 13.6 Å². The van der Waals surface area contributed by atoms with E-state index in [2.05, 4.69) is 15.3 Å². The molecular formula is C12H6F2N4O. The second kappa shape index (κ2) is 5.18. The van der Waals surface area contributed by atoms with Gasteiger partial charge in [-0.3, -0.25) is 4.79 Å². The maximum Gasteiger partial charge on any atom is 0.279 e. The van der Waals surface area contributed by atoms with E-state index >= 15 is 0 Å². The van der Waals surface area contributed by atoms with E-state index in [4.69, 9.17) is 5.26 Å². The molecule has 19 heavy (non-hydrogen) atoms. The van der Waals surface area contributed by atoms with Gasteiger partial charge in [0.1, 0.15) is 11.9 Å². The van der Waals surface area contributed by atoms with Crippen molar-refractivity contribution in [1.82, 2.24) is 9.97 Å². The number of aromatic nitrogens is 2. The lowest BCUT2D eigenvalue weighted by atomic mass is 10.3. The molecule has 0 aliphatic rings. The van der Waals surface area contributed by atoms with Crippen LogP contribution >= 0.6 is 0 Å². The SMILES string of the molecule is N#Cc1cnc(F)c(C(=O)Nc2ccc(F)cc2)n1. The summed E-state index contributed by atoms with van der Waals surface area (Å²) in [4.78, 5) is 18.5. The molecule has 1 N–H and O–H groups in total. The molecule has 1 aromatic heterocycles. The first-order valence-corrected chi connectivity index (χ1v) is 5.09. The van der Waals surface area contributed by atoms with Gasteiger partial charge in [-0.2, -0.15) is 9.65 Å². The Morgan fingerprint density at radius 2 is 1.95 bits per heavy atom. The molecule has 0 saturated carbocycles. The van der Waals surface area contributed by atoms with Crippen LogP contribution in [0.3, 0.4) is 0 Å². The largest absolute Gasteiger partial charge is 0.321 e. The van der Waals surface area contributed by atoms with Crippen LogP contribution in [0.2, 0.25) is 0 Å². The van der Waals surface area contributed by atoms with Gasteiger partial charge in [-0.15, -0.1) is 0 Å². The second-order valence-corrected chi connectivity index (χ2v) is 3.47. The molecule has 1 aromatic carbocycles. The van der Waals surface area contributed by atoms with Gasteiger partial charge in [0.15, 0.2) is 11.4 Å². The normalized spacial score (nSPS) is 9.74. The number of hydrogen-bond donors (Lipinski definition) is 1. The number of hydrogen-bond acceptors (Lipinski definition) is 4. The fourth-order valence-corrected chi connectivity index (χ4v) is 1.30. The van der Waals surface area contributed by atoms with Crippen molar-refractivity contribution in [2.45, 2.75) is 0 Å². The van der Waals surface area contributed by atoms with Crippen LogP contribution in [0, 0.1) is 23.1 Å². The molecule has 0 saturated heterocycles. The second-order valence-electron chi connectivity index (χ2n) is 3.47. The maximum absolute atomic E-state index is 13.3. The minimum absolute atomic E-state index is 0.175. The Morgan fingerprint density at radius 3 is 2.58 bits per heavy atom. The first kappa shape index (κ1) is 12.6. The molecule has 94 valence electrons. The Kier molecular flexibility index (Phi) is 3.43. The lowest BCUT2D eigenvalue weighted by Gasteiger charge is -2.04. The van der Waals surface area contributed by atoms with E-state index in [-0.39, 0.29) is 11.4 Å². The molecule has 0 aliphatic carbocycles. The first-order valence-electron chi connectivity index (χ1n) is 5.09. The Labute approximate surface area is 106 Å². The Bertz CT molecular complexity index is 664. The number of halogens is 2. The molecule has 0 fully saturated rings. The van der Waals surface area contributed by atoms with E-state index in [1.165, 1.54) is 12.1 Å². The number of amides is 1. The van der Waals surface area contributed by atoms with E-state index in [1.807, 2.05) is 0 Å². The zero-order chi connectivity index (χ0) is 13.8. The van der Waals surface area contributed by atoms with Gasteiger partial charge >= 0.3 is 0 Å². The van der Waals surface area contributed by atoms with Gasteiger partial charge < -0.3 is 5.32 Å². The van der Waals surface area contributed by atoms with Gasteiger partial charge in [-0.25, -0.2) is 14.4 Å². The van der Waals surface area contributed by atoms with Gasteiger partial charge in [0.2, 0.25) is 5.95 Å². The van der Waals surface area contributed by atoms with Crippen molar-refractivity contribution in [1.29, 1.82) is 5.26 Å². The number of nitrogens with one attached hydrogen (secondary N) is 1. The van der Waals surface area contributed by atoms with Crippen LogP contribution in [0.4, 0.5) is 14.5 Å². The average Bonchev–Trinajstić information content (AvgIpc) is 2.42. The van der Waals surface area contributed by atoms with E-state index in [0.29, 0.717) is 0 Å². The predicted molar refractivity (Wildman–Crippen MR) is 61.1 cm³/mol. The fourth-order valence-electron chi connectivity index (χ4n) is 1.30. The molecule has 0 aliphatic heterocycles. The summed E-state index contributed by atoms with van der Waals surface area (Å²) in [5.41, 5.74) is -0.496. The number of nitriles is 1. The summed E-state index contributed by atoms with van der Waals surface area (Å²) in [6.45, 7) is 0. The third-order valence-corrected chi connectivity index (χ3v) is 2.16. The molecule has 5 nitrogen and oxygen atoms in total. The average molecular weight is 260 g/mol.